The molecule has 0 aliphatic rings. The van der Waals surface area contributed by atoms with Crippen LogP contribution in [0.5, 0.6) is 0 Å². The number of hydrogen-bond donors (Lipinski definition) is 1. The number of carbonyl (C=O) groups is 1. The lowest BCUT2D eigenvalue weighted by Gasteiger charge is -2.06. The molecular weight excluding hydrogens is 394 g/mol. The molecule has 4 nitrogen and oxygen atoms in total. The molecule has 0 aromatic heterocycles. The molecule has 2 rings (SSSR count). The van der Waals surface area contributed by atoms with Gasteiger partial charge in [0.1, 0.15) is 6.61 Å². The Labute approximate surface area is 159 Å². The van der Waals surface area contributed by atoms with E-state index >= 15 is 0 Å². The van der Waals surface area contributed by atoms with Crippen molar-refractivity contribution >= 4 is 64.2 Å². The summed E-state index contributed by atoms with van der Waals surface area (Å²) in [5, 5.41) is 8.15. The molecule has 24 heavy (non-hydrogen) atoms. The summed E-state index contributed by atoms with van der Waals surface area (Å²) in [7, 11) is 0. The highest BCUT2D eigenvalue weighted by Crippen LogP contribution is 2.25. The molecule has 0 unspecified atom stereocenters. The lowest BCUT2D eigenvalue weighted by molar-refractivity contribution is -0.115. The maximum Gasteiger partial charge on any atom is 0.229 e. The first-order valence-corrected chi connectivity index (χ1v) is 8.29. The molecule has 0 aliphatic heterocycles. The Hall–Kier alpha value is -1.46. The molecular formula is C16H12Cl4N2O2. The highest BCUT2D eigenvalue weighted by molar-refractivity contribution is 6.42. The van der Waals surface area contributed by atoms with Gasteiger partial charge < -0.3 is 10.2 Å². The Bertz CT molecular complexity index is 766. The van der Waals surface area contributed by atoms with Gasteiger partial charge in [-0.05, 0) is 35.9 Å². The number of nitrogens with zero attached hydrogens (tertiary/aromatic N) is 1. The molecule has 0 radical (unpaired) electrons. The molecule has 0 spiro atoms. The predicted molar refractivity (Wildman–Crippen MR) is 99.5 cm³/mol. The SMILES string of the molecule is O=C(C/C=N/OCc1ccc(Cl)c(Cl)c1)Nc1ccc(Cl)cc1Cl. The van der Waals surface area contributed by atoms with Gasteiger partial charge in [0.05, 0.1) is 33.4 Å². The van der Waals surface area contributed by atoms with Crippen molar-refractivity contribution in [2.24, 2.45) is 5.16 Å². The van der Waals surface area contributed by atoms with Crippen molar-refractivity contribution in [1.82, 2.24) is 0 Å². The molecule has 2 aromatic carbocycles. The van der Waals surface area contributed by atoms with Gasteiger partial charge >= 0.3 is 0 Å². The van der Waals surface area contributed by atoms with Crippen molar-refractivity contribution in [3.05, 3.63) is 62.1 Å². The molecule has 0 heterocycles. The maximum atomic E-state index is 11.8. The van der Waals surface area contributed by atoms with Gasteiger partial charge in [-0.25, -0.2) is 0 Å². The van der Waals surface area contributed by atoms with Gasteiger partial charge in [-0.2, -0.15) is 0 Å². The standard InChI is InChI=1S/C16H12Cl4N2O2/c17-11-2-4-15(14(20)8-11)22-16(23)5-6-21-24-9-10-1-3-12(18)13(19)7-10/h1-4,6-8H,5,9H2,(H,22,23)/b21-6+. The zero-order chi connectivity index (χ0) is 17.5. The fourth-order valence-corrected chi connectivity index (χ4v) is 2.48. The number of rotatable bonds is 6. The quantitative estimate of drug-likeness (QED) is 0.485. The van der Waals surface area contributed by atoms with Gasteiger partial charge in [-0.1, -0.05) is 57.6 Å². The van der Waals surface area contributed by atoms with E-state index in [9.17, 15) is 4.79 Å². The van der Waals surface area contributed by atoms with Crippen LogP contribution >= 0.6 is 46.4 Å². The third kappa shape index (κ3) is 5.87. The second kappa shape index (κ2) is 9.14. The fourth-order valence-electron chi connectivity index (χ4n) is 1.71. The summed E-state index contributed by atoms with van der Waals surface area (Å²) in [6.45, 7) is 0.220. The lowest BCUT2D eigenvalue weighted by Crippen LogP contribution is -2.12. The number of hydrogen-bond acceptors (Lipinski definition) is 3. The van der Waals surface area contributed by atoms with E-state index in [1.54, 1.807) is 36.4 Å². The monoisotopic (exact) mass is 404 g/mol. The Kier molecular flexibility index (Phi) is 7.18. The normalized spacial score (nSPS) is 10.8. The van der Waals surface area contributed by atoms with Gasteiger partial charge in [0.25, 0.3) is 0 Å². The first-order valence-electron chi connectivity index (χ1n) is 6.78. The average molecular weight is 406 g/mol. The number of nitrogens with one attached hydrogen (secondary N) is 1. The zero-order valence-corrected chi connectivity index (χ0v) is 15.3. The van der Waals surface area contributed by atoms with E-state index in [0.29, 0.717) is 25.8 Å². The van der Waals surface area contributed by atoms with Crippen molar-refractivity contribution in [3.63, 3.8) is 0 Å². The third-order valence-electron chi connectivity index (χ3n) is 2.85. The van der Waals surface area contributed by atoms with Crippen molar-refractivity contribution in [3.8, 4) is 0 Å². The van der Waals surface area contributed by atoms with E-state index in [2.05, 4.69) is 10.5 Å². The number of amides is 1. The number of carbonyl (C=O) groups excluding carboxylic acids is 1. The van der Waals surface area contributed by atoms with Gasteiger partial charge in [0, 0.05) is 5.02 Å². The largest absolute Gasteiger partial charge is 0.391 e. The highest BCUT2D eigenvalue weighted by Gasteiger charge is 2.05. The Morgan fingerprint density at radius 3 is 2.54 bits per heavy atom. The Morgan fingerprint density at radius 2 is 1.83 bits per heavy atom. The summed E-state index contributed by atoms with van der Waals surface area (Å²) >= 11 is 23.5. The first-order chi connectivity index (χ1) is 11.5. The van der Waals surface area contributed by atoms with E-state index in [1.165, 1.54) is 6.21 Å². The molecule has 1 amide bonds. The van der Waals surface area contributed by atoms with Crippen LogP contribution < -0.4 is 5.32 Å². The van der Waals surface area contributed by atoms with Crippen LogP contribution in [0.1, 0.15) is 12.0 Å². The number of benzene rings is 2. The molecule has 2 aromatic rings. The molecule has 0 atom stereocenters. The summed E-state index contributed by atoms with van der Waals surface area (Å²) in [4.78, 5) is 16.9. The average Bonchev–Trinajstić information content (AvgIpc) is 2.53. The lowest BCUT2D eigenvalue weighted by atomic mass is 10.2. The second-order valence-corrected chi connectivity index (χ2v) is 6.34. The minimum absolute atomic E-state index is 0.0420. The van der Waals surface area contributed by atoms with Gasteiger partial charge in [0.15, 0.2) is 0 Å². The maximum absolute atomic E-state index is 11.8. The van der Waals surface area contributed by atoms with Crippen LogP contribution in [-0.2, 0) is 16.2 Å². The molecule has 126 valence electrons. The van der Waals surface area contributed by atoms with Crippen LogP contribution in [0, 0.1) is 0 Å². The summed E-state index contributed by atoms with van der Waals surface area (Å²) in [5.41, 5.74) is 1.30. The van der Waals surface area contributed by atoms with Crippen molar-refractivity contribution in [2.75, 3.05) is 5.32 Å². The summed E-state index contributed by atoms with van der Waals surface area (Å²) in [6.07, 6.45) is 1.40. The van der Waals surface area contributed by atoms with Crippen LogP contribution in [0.3, 0.4) is 0 Å². The molecule has 8 heteroatoms. The molecule has 0 fully saturated rings. The van der Waals surface area contributed by atoms with Crippen molar-refractivity contribution in [2.45, 2.75) is 13.0 Å². The summed E-state index contributed by atoms with van der Waals surface area (Å²) < 4.78 is 0. The molecule has 0 bridgehead atoms. The van der Waals surface area contributed by atoms with Gasteiger partial charge in [-0.15, -0.1) is 0 Å². The van der Waals surface area contributed by atoms with Gasteiger partial charge in [-0.3, -0.25) is 4.79 Å². The van der Waals surface area contributed by atoms with Crippen molar-refractivity contribution in [1.29, 1.82) is 0 Å². The highest BCUT2D eigenvalue weighted by atomic mass is 35.5. The molecule has 0 aliphatic carbocycles. The third-order valence-corrected chi connectivity index (χ3v) is 4.13. The predicted octanol–water partition coefficient (Wildman–Crippen LogP) is 5.83. The van der Waals surface area contributed by atoms with Crippen LogP contribution in [-0.4, -0.2) is 12.1 Å². The Balaban J connectivity index is 1.77. The smallest absolute Gasteiger partial charge is 0.229 e. The van der Waals surface area contributed by atoms with E-state index in [0.717, 1.165) is 5.56 Å². The van der Waals surface area contributed by atoms with Crippen LogP contribution in [0.4, 0.5) is 5.69 Å². The zero-order valence-electron chi connectivity index (χ0n) is 12.2. The summed E-state index contributed by atoms with van der Waals surface area (Å²) in [5.74, 6) is -0.277. The number of halogens is 4. The number of anilines is 1. The van der Waals surface area contributed by atoms with E-state index in [1.807, 2.05) is 0 Å². The van der Waals surface area contributed by atoms with Crippen LogP contribution in [0.15, 0.2) is 41.6 Å². The second-order valence-electron chi connectivity index (χ2n) is 4.69. The molecule has 0 saturated carbocycles. The van der Waals surface area contributed by atoms with E-state index < -0.39 is 0 Å². The van der Waals surface area contributed by atoms with Crippen molar-refractivity contribution < 1.29 is 9.63 Å². The summed E-state index contributed by atoms with van der Waals surface area (Å²) in [6, 6.07) is 9.95. The van der Waals surface area contributed by atoms with Crippen LogP contribution in [0.2, 0.25) is 20.1 Å². The first kappa shape index (κ1) is 18.9. The Morgan fingerprint density at radius 1 is 1.04 bits per heavy atom. The fraction of sp³-hybridized carbons (Fsp3) is 0.125. The van der Waals surface area contributed by atoms with E-state index in [4.69, 9.17) is 51.2 Å². The van der Waals surface area contributed by atoms with E-state index in [-0.39, 0.29) is 18.9 Å². The van der Waals surface area contributed by atoms with Gasteiger partial charge in [0.2, 0.25) is 5.91 Å². The molecule has 0 saturated heterocycles. The molecule has 1 N–H and O–H groups in total. The number of oxime groups is 1. The topological polar surface area (TPSA) is 50.7 Å². The minimum Gasteiger partial charge on any atom is -0.391 e. The minimum atomic E-state index is -0.277. The van der Waals surface area contributed by atoms with Crippen LogP contribution in [0.25, 0.3) is 0 Å².